The van der Waals surface area contributed by atoms with Gasteiger partial charge in [-0.15, -0.1) is 0 Å². The highest BCUT2D eigenvalue weighted by Crippen LogP contribution is 2.18. The van der Waals surface area contributed by atoms with Gasteiger partial charge in [0, 0.05) is 19.9 Å². The van der Waals surface area contributed by atoms with Crippen molar-refractivity contribution in [1.82, 2.24) is 9.97 Å². The van der Waals surface area contributed by atoms with Gasteiger partial charge in [0.2, 0.25) is 0 Å². The molecule has 0 aliphatic heterocycles. The lowest BCUT2D eigenvalue weighted by molar-refractivity contribution is 0.178. The lowest BCUT2D eigenvalue weighted by Gasteiger charge is -2.06. The van der Waals surface area contributed by atoms with Crippen molar-refractivity contribution in [2.45, 2.75) is 13.5 Å². The number of nitrogens with zero attached hydrogens (tertiary/aromatic N) is 2. The van der Waals surface area contributed by atoms with Crippen LogP contribution in [-0.4, -0.2) is 23.6 Å². The topological polar surface area (TPSA) is 47.0 Å². The molecule has 0 spiro atoms. The zero-order valence-electron chi connectivity index (χ0n) is 7.67. The van der Waals surface area contributed by atoms with Gasteiger partial charge in [-0.25, -0.2) is 9.97 Å². The van der Waals surface area contributed by atoms with Crippen LogP contribution in [0.1, 0.15) is 12.7 Å². The Balaban J connectivity index is 2.83. The van der Waals surface area contributed by atoms with Crippen LogP contribution in [0.3, 0.4) is 0 Å². The average molecular weight is 246 g/mol. The maximum Gasteiger partial charge on any atom is 0.156 e. The summed E-state index contributed by atoms with van der Waals surface area (Å²) in [5, 5.41) is 3.12. The summed E-state index contributed by atoms with van der Waals surface area (Å²) >= 11 is 3.35. The molecule has 0 fully saturated rings. The van der Waals surface area contributed by atoms with E-state index in [2.05, 4.69) is 31.2 Å². The van der Waals surface area contributed by atoms with Gasteiger partial charge >= 0.3 is 0 Å². The lowest BCUT2D eigenvalue weighted by atomic mass is 10.5. The molecule has 1 aromatic rings. The molecule has 1 heterocycles. The third-order valence-corrected chi connectivity index (χ3v) is 1.99. The number of anilines is 1. The summed E-state index contributed by atoms with van der Waals surface area (Å²) in [5.74, 6) is 1.49. The molecule has 1 N–H and O–H groups in total. The highest BCUT2D eigenvalue weighted by molar-refractivity contribution is 9.10. The maximum absolute atomic E-state index is 4.93. The monoisotopic (exact) mass is 245 g/mol. The third-order valence-electron chi connectivity index (χ3n) is 1.41. The molecule has 0 aromatic carbocycles. The highest BCUT2D eigenvalue weighted by atomic mass is 79.9. The lowest BCUT2D eigenvalue weighted by Crippen LogP contribution is -2.04. The van der Waals surface area contributed by atoms with E-state index in [1.54, 1.807) is 13.3 Å². The molecule has 0 atom stereocenters. The van der Waals surface area contributed by atoms with Gasteiger partial charge in [0.1, 0.15) is 12.4 Å². The predicted octanol–water partition coefficient (Wildman–Crippen LogP) is 1.82. The highest BCUT2D eigenvalue weighted by Gasteiger charge is 2.02. The largest absolute Gasteiger partial charge is 0.377 e. The number of rotatable bonds is 4. The van der Waals surface area contributed by atoms with Gasteiger partial charge < -0.3 is 10.1 Å². The molecule has 5 heteroatoms. The van der Waals surface area contributed by atoms with E-state index in [4.69, 9.17) is 4.74 Å². The Labute approximate surface area is 85.9 Å². The molecule has 1 aromatic heterocycles. The van der Waals surface area contributed by atoms with Crippen molar-refractivity contribution in [3.05, 3.63) is 16.5 Å². The predicted molar refractivity (Wildman–Crippen MR) is 54.6 cm³/mol. The van der Waals surface area contributed by atoms with Gasteiger partial charge in [-0.2, -0.15) is 0 Å². The molecule has 1 rings (SSSR count). The van der Waals surface area contributed by atoms with E-state index >= 15 is 0 Å². The van der Waals surface area contributed by atoms with E-state index < -0.39 is 0 Å². The summed E-state index contributed by atoms with van der Waals surface area (Å²) in [4.78, 5) is 8.35. The van der Waals surface area contributed by atoms with Crippen LogP contribution < -0.4 is 5.32 Å². The summed E-state index contributed by atoms with van der Waals surface area (Å²) in [6, 6.07) is 0. The number of hydrogen-bond acceptors (Lipinski definition) is 4. The Morgan fingerprint density at radius 1 is 1.62 bits per heavy atom. The molecule has 13 heavy (non-hydrogen) atoms. The smallest absolute Gasteiger partial charge is 0.156 e. The van der Waals surface area contributed by atoms with Crippen LogP contribution in [0.2, 0.25) is 0 Å². The second-order valence-electron chi connectivity index (χ2n) is 2.45. The second-order valence-corrected chi connectivity index (χ2v) is 3.30. The van der Waals surface area contributed by atoms with E-state index in [1.165, 1.54) is 0 Å². The first-order chi connectivity index (χ1) is 6.27. The van der Waals surface area contributed by atoms with Crippen molar-refractivity contribution in [2.24, 2.45) is 0 Å². The first-order valence-electron chi connectivity index (χ1n) is 4.02. The van der Waals surface area contributed by atoms with Crippen LogP contribution >= 0.6 is 15.9 Å². The van der Waals surface area contributed by atoms with Crippen LogP contribution in [-0.2, 0) is 11.3 Å². The first kappa shape index (κ1) is 10.4. The Morgan fingerprint density at radius 2 is 2.38 bits per heavy atom. The zero-order chi connectivity index (χ0) is 9.68. The van der Waals surface area contributed by atoms with Gasteiger partial charge in [-0.05, 0) is 22.9 Å². The molecular formula is C8H12BrN3O. The van der Waals surface area contributed by atoms with Gasteiger partial charge in [0.25, 0.3) is 0 Å². The van der Waals surface area contributed by atoms with E-state index in [0.29, 0.717) is 12.4 Å². The fourth-order valence-electron chi connectivity index (χ4n) is 0.894. The van der Waals surface area contributed by atoms with Crippen LogP contribution in [0.15, 0.2) is 10.7 Å². The van der Waals surface area contributed by atoms with Crippen molar-refractivity contribution >= 4 is 21.7 Å². The molecule has 0 saturated heterocycles. The van der Waals surface area contributed by atoms with Crippen LogP contribution in [0.5, 0.6) is 0 Å². The summed E-state index contributed by atoms with van der Waals surface area (Å²) in [6.45, 7) is 3.29. The maximum atomic E-state index is 4.93. The van der Waals surface area contributed by atoms with E-state index in [9.17, 15) is 0 Å². The van der Waals surface area contributed by atoms with E-state index in [0.717, 1.165) is 16.8 Å². The Hall–Kier alpha value is -0.680. The van der Waals surface area contributed by atoms with E-state index in [1.807, 2.05) is 6.92 Å². The molecule has 0 aliphatic rings. The van der Waals surface area contributed by atoms with E-state index in [-0.39, 0.29) is 0 Å². The van der Waals surface area contributed by atoms with Gasteiger partial charge in [-0.3, -0.25) is 0 Å². The second kappa shape index (κ2) is 5.14. The van der Waals surface area contributed by atoms with Crippen molar-refractivity contribution in [2.75, 3.05) is 19.0 Å². The fourth-order valence-corrected chi connectivity index (χ4v) is 1.22. The third kappa shape index (κ3) is 2.93. The van der Waals surface area contributed by atoms with Crippen molar-refractivity contribution in [1.29, 1.82) is 0 Å². The summed E-state index contributed by atoms with van der Waals surface area (Å²) in [7, 11) is 1.62. The van der Waals surface area contributed by atoms with Crippen molar-refractivity contribution in [3.63, 3.8) is 0 Å². The summed E-state index contributed by atoms with van der Waals surface area (Å²) in [6.07, 6.45) is 1.72. The van der Waals surface area contributed by atoms with Crippen LogP contribution in [0.25, 0.3) is 0 Å². The normalized spacial score (nSPS) is 10.1. The average Bonchev–Trinajstić information content (AvgIpc) is 2.12. The number of nitrogens with one attached hydrogen (secondary N) is 1. The Morgan fingerprint density at radius 3 is 3.00 bits per heavy atom. The molecule has 0 saturated carbocycles. The molecule has 0 radical (unpaired) electrons. The number of halogens is 1. The Bertz CT molecular complexity index is 280. The minimum atomic E-state index is 0.436. The molecule has 0 aliphatic carbocycles. The molecule has 0 amide bonds. The molecule has 0 bridgehead atoms. The Kier molecular flexibility index (Phi) is 4.11. The minimum absolute atomic E-state index is 0.436. The molecular weight excluding hydrogens is 234 g/mol. The zero-order valence-corrected chi connectivity index (χ0v) is 9.26. The standard InChI is InChI=1S/C8H12BrN3O/c1-3-10-8-6(9)4-11-7(12-8)5-13-2/h4H,3,5H2,1-2H3,(H,10,11,12). The molecule has 72 valence electrons. The van der Waals surface area contributed by atoms with Crippen LogP contribution in [0, 0.1) is 0 Å². The van der Waals surface area contributed by atoms with Crippen molar-refractivity contribution < 1.29 is 4.74 Å². The fraction of sp³-hybridized carbons (Fsp3) is 0.500. The van der Waals surface area contributed by atoms with Gasteiger partial charge in [-0.1, -0.05) is 0 Å². The first-order valence-corrected chi connectivity index (χ1v) is 4.81. The number of ether oxygens (including phenoxy) is 1. The van der Waals surface area contributed by atoms with Crippen molar-refractivity contribution in [3.8, 4) is 0 Å². The summed E-state index contributed by atoms with van der Waals surface area (Å²) < 4.78 is 5.80. The molecule has 4 nitrogen and oxygen atoms in total. The van der Waals surface area contributed by atoms with Crippen LogP contribution in [0.4, 0.5) is 5.82 Å². The minimum Gasteiger partial charge on any atom is -0.377 e. The molecule has 0 unspecified atom stereocenters. The number of methoxy groups -OCH3 is 1. The quantitative estimate of drug-likeness (QED) is 0.880. The SMILES string of the molecule is CCNc1nc(COC)ncc1Br. The summed E-state index contributed by atoms with van der Waals surface area (Å²) in [5.41, 5.74) is 0. The number of aromatic nitrogens is 2. The number of hydrogen-bond donors (Lipinski definition) is 1. The van der Waals surface area contributed by atoms with Gasteiger partial charge in [0.15, 0.2) is 5.82 Å². The van der Waals surface area contributed by atoms with Gasteiger partial charge in [0.05, 0.1) is 4.47 Å².